The molecule has 4 N–H and O–H groups in total. The molecule has 1 rings (SSSR count). The van der Waals surface area contributed by atoms with Crippen LogP contribution in [0.15, 0.2) is 12.1 Å². The SMILES string of the molecule is CCCc1cc(C(=O)O)cc(NCCCN)n1. The summed E-state index contributed by atoms with van der Waals surface area (Å²) in [6.45, 7) is 3.35. The van der Waals surface area contributed by atoms with E-state index in [4.69, 9.17) is 10.8 Å². The number of aryl methyl sites for hydroxylation is 1. The van der Waals surface area contributed by atoms with Crippen molar-refractivity contribution < 1.29 is 9.90 Å². The molecule has 5 nitrogen and oxygen atoms in total. The van der Waals surface area contributed by atoms with Crippen molar-refractivity contribution in [3.8, 4) is 0 Å². The first-order valence-corrected chi connectivity index (χ1v) is 5.85. The van der Waals surface area contributed by atoms with Crippen molar-refractivity contribution in [3.05, 3.63) is 23.4 Å². The van der Waals surface area contributed by atoms with Crippen LogP contribution in [0, 0.1) is 0 Å². The Kier molecular flexibility index (Phi) is 5.42. The first-order chi connectivity index (χ1) is 8.17. The number of carboxylic acid groups (broad SMARTS) is 1. The monoisotopic (exact) mass is 237 g/mol. The van der Waals surface area contributed by atoms with Crippen LogP contribution in [0.2, 0.25) is 0 Å². The normalized spacial score (nSPS) is 10.2. The van der Waals surface area contributed by atoms with Gasteiger partial charge in [-0.3, -0.25) is 0 Å². The summed E-state index contributed by atoms with van der Waals surface area (Å²) in [4.78, 5) is 15.3. The van der Waals surface area contributed by atoms with Crippen LogP contribution in [-0.2, 0) is 6.42 Å². The molecule has 17 heavy (non-hydrogen) atoms. The Morgan fingerprint density at radius 1 is 1.53 bits per heavy atom. The van der Waals surface area contributed by atoms with E-state index in [1.165, 1.54) is 0 Å². The predicted molar refractivity (Wildman–Crippen MR) is 67.4 cm³/mol. The summed E-state index contributed by atoms with van der Waals surface area (Å²) in [7, 11) is 0. The average molecular weight is 237 g/mol. The Balaban J connectivity index is 2.83. The van der Waals surface area contributed by atoms with Gasteiger partial charge < -0.3 is 16.2 Å². The molecule has 0 aliphatic carbocycles. The van der Waals surface area contributed by atoms with E-state index in [-0.39, 0.29) is 5.56 Å². The Labute approximate surface area is 101 Å². The molecule has 0 fully saturated rings. The van der Waals surface area contributed by atoms with Gasteiger partial charge in [-0.15, -0.1) is 0 Å². The summed E-state index contributed by atoms with van der Waals surface area (Å²) in [5.74, 6) is -0.312. The van der Waals surface area contributed by atoms with Crippen LogP contribution in [0.4, 0.5) is 5.82 Å². The lowest BCUT2D eigenvalue weighted by Gasteiger charge is -2.08. The molecule has 0 aliphatic heterocycles. The molecule has 0 spiro atoms. The topological polar surface area (TPSA) is 88.2 Å². The lowest BCUT2D eigenvalue weighted by molar-refractivity contribution is 0.0696. The third-order valence-electron chi connectivity index (χ3n) is 2.32. The molecule has 94 valence electrons. The maximum atomic E-state index is 11.0. The molecular weight excluding hydrogens is 218 g/mol. The van der Waals surface area contributed by atoms with E-state index in [0.29, 0.717) is 18.9 Å². The molecule has 1 aromatic heterocycles. The quantitative estimate of drug-likeness (QED) is 0.625. The Morgan fingerprint density at radius 2 is 2.29 bits per heavy atom. The number of aromatic nitrogens is 1. The lowest BCUT2D eigenvalue weighted by atomic mass is 10.1. The Bertz CT molecular complexity index is 380. The van der Waals surface area contributed by atoms with E-state index in [1.54, 1.807) is 12.1 Å². The average Bonchev–Trinajstić information content (AvgIpc) is 2.29. The Hall–Kier alpha value is -1.62. The predicted octanol–water partition coefficient (Wildman–Crippen LogP) is 1.49. The highest BCUT2D eigenvalue weighted by atomic mass is 16.4. The highest BCUT2D eigenvalue weighted by Crippen LogP contribution is 2.12. The number of rotatable bonds is 7. The summed E-state index contributed by atoms with van der Waals surface area (Å²) in [5.41, 5.74) is 6.48. The summed E-state index contributed by atoms with van der Waals surface area (Å²) >= 11 is 0. The van der Waals surface area contributed by atoms with Crippen molar-refractivity contribution in [2.45, 2.75) is 26.2 Å². The summed E-state index contributed by atoms with van der Waals surface area (Å²) < 4.78 is 0. The van der Waals surface area contributed by atoms with Gasteiger partial charge in [0.1, 0.15) is 5.82 Å². The highest BCUT2D eigenvalue weighted by Gasteiger charge is 2.07. The van der Waals surface area contributed by atoms with Gasteiger partial charge in [0.05, 0.1) is 5.56 Å². The molecule has 0 aliphatic rings. The van der Waals surface area contributed by atoms with E-state index in [0.717, 1.165) is 25.0 Å². The van der Waals surface area contributed by atoms with E-state index in [1.807, 2.05) is 6.92 Å². The minimum atomic E-state index is -0.924. The fraction of sp³-hybridized carbons (Fsp3) is 0.500. The number of carboxylic acids is 1. The number of hydrogen-bond acceptors (Lipinski definition) is 4. The highest BCUT2D eigenvalue weighted by molar-refractivity contribution is 5.88. The van der Waals surface area contributed by atoms with Gasteiger partial charge in [-0.1, -0.05) is 13.3 Å². The van der Waals surface area contributed by atoms with Crippen LogP contribution < -0.4 is 11.1 Å². The van der Waals surface area contributed by atoms with Gasteiger partial charge in [-0.25, -0.2) is 9.78 Å². The summed E-state index contributed by atoms with van der Waals surface area (Å²) in [6, 6.07) is 3.18. The zero-order chi connectivity index (χ0) is 12.7. The van der Waals surface area contributed by atoms with Crippen molar-refractivity contribution in [2.75, 3.05) is 18.4 Å². The smallest absolute Gasteiger partial charge is 0.335 e. The van der Waals surface area contributed by atoms with Crippen molar-refractivity contribution >= 4 is 11.8 Å². The molecule has 0 atom stereocenters. The molecule has 1 aromatic rings. The zero-order valence-electron chi connectivity index (χ0n) is 10.1. The van der Waals surface area contributed by atoms with Crippen LogP contribution in [0.3, 0.4) is 0 Å². The van der Waals surface area contributed by atoms with Gasteiger partial charge in [0, 0.05) is 12.2 Å². The second kappa shape index (κ2) is 6.85. The first kappa shape index (κ1) is 13.4. The molecular formula is C12H19N3O2. The van der Waals surface area contributed by atoms with Gasteiger partial charge in [-0.05, 0) is 31.5 Å². The van der Waals surface area contributed by atoms with Crippen LogP contribution >= 0.6 is 0 Å². The second-order valence-electron chi connectivity index (χ2n) is 3.86. The number of nitrogens with zero attached hydrogens (tertiary/aromatic N) is 1. The summed E-state index contributed by atoms with van der Waals surface area (Å²) in [6.07, 6.45) is 2.56. The molecule has 0 bridgehead atoms. The zero-order valence-corrected chi connectivity index (χ0v) is 10.1. The molecule has 5 heteroatoms. The fourth-order valence-electron chi connectivity index (χ4n) is 1.50. The van der Waals surface area contributed by atoms with E-state index < -0.39 is 5.97 Å². The van der Waals surface area contributed by atoms with Gasteiger partial charge in [-0.2, -0.15) is 0 Å². The molecule has 0 saturated heterocycles. The maximum absolute atomic E-state index is 11.0. The van der Waals surface area contributed by atoms with E-state index >= 15 is 0 Å². The minimum absolute atomic E-state index is 0.277. The largest absolute Gasteiger partial charge is 0.478 e. The van der Waals surface area contributed by atoms with Crippen molar-refractivity contribution in [1.29, 1.82) is 0 Å². The van der Waals surface area contributed by atoms with Gasteiger partial charge in [0.2, 0.25) is 0 Å². The first-order valence-electron chi connectivity index (χ1n) is 5.85. The van der Waals surface area contributed by atoms with Crippen molar-refractivity contribution in [1.82, 2.24) is 4.98 Å². The van der Waals surface area contributed by atoms with Gasteiger partial charge in [0.25, 0.3) is 0 Å². The van der Waals surface area contributed by atoms with Crippen LogP contribution in [0.5, 0.6) is 0 Å². The van der Waals surface area contributed by atoms with E-state index in [2.05, 4.69) is 10.3 Å². The number of anilines is 1. The van der Waals surface area contributed by atoms with Crippen LogP contribution in [-0.4, -0.2) is 29.1 Å². The second-order valence-corrected chi connectivity index (χ2v) is 3.86. The van der Waals surface area contributed by atoms with Crippen molar-refractivity contribution in [2.24, 2.45) is 5.73 Å². The third kappa shape index (κ3) is 4.40. The molecule has 0 amide bonds. The number of hydrogen-bond donors (Lipinski definition) is 3. The van der Waals surface area contributed by atoms with Crippen LogP contribution in [0.1, 0.15) is 35.8 Å². The molecule has 1 heterocycles. The third-order valence-corrected chi connectivity index (χ3v) is 2.32. The Morgan fingerprint density at radius 3 is 2.88 bits per heavy atom. The van der Waals surface area contributed by atoms with Crippen molar-refractivity contribution in [3.63, 3.8) is 0 Å². The van der Waals surface area contributed by atoms with Gasteiger partial charge >= 0.3 is 5.97 Å². The number of pyridine rings is 1. The van der Waals surface area contributed by atoms with Crippen LogP contribution in [0.25, 0.3) is 0 Å². The fourth-order valence-corrected chi connectivity index (χ4v) is 1.50. The minimum Gasteiger partial charge on any atom is -0.478 e. The summed E-state index contributed by atoms with van der Waals surface area (Å²) in [5, 5.41) is 12.1. The number of carbonyl (C=O) groups is 1. The van der Waals surface area contributed by atoms with E-state index in [9.17, 15) is 4.79 Å². The number of nitrogens with two attached hydrogens (primary N) is 1. The van der Waals surface area contributed by atoms with Gasteiger partial charge in [0.15, 0.2) is 0 Å². The maximum Gasteiger partial charge on any atom is 0.335 e. The molecule has 0 saturated carbocycles. The molecule has 0 unspecified atom stereocenters. The number of nitrogens with one attached hydrogen (secondary N) is 1. The lowest BCUT2D eigenvalue weighted by Crippen LogP contribution is -2.11. The standard InChI is InChI=1S/C12H19N3O2/c1-2-4-10-7-9(12(16)17)8-11(15-10)14-6-3-5-13/h7-8H,2-6,13H2,1H3,(H,14,15)(H,16,17). The number of aromatic carboxylic acids is 1. The molecule has 0 aromatic carbocycles. The molecule has 0 radical (unpaired) electrons.